The van der Waals surface area contributed by atoms with Crippen LogP contribution in [-0.2, 0) is 9.53 Å². The summed E-state index contributed by atoms with van der Waals surface area (Å²) in [5.74, 6) is 0.183. The number of hydrogen-bond donors (Lipinski definition) is 2. The van der Waals surface area contributed by atoms with E-state index in [1.165, 1.54) is 0 Å². The predicted molar refractivity (Wildman–Crippen MR) is 60.3 cm³/mol. The topological polar surface area (TPSA) is 58.6 Å². The predicted octanol–water partition coefficient (Wildman–Crippen LogP) is 1.76. The zero-order valence-corrected chi connectivity index (χ0v) is 9.19. The Morgan fingerprint density at radius 1 is 1.44 bits per heavy atom. The molecule has 2 N–H and O–H groups in total. The van der Waals surface area contributed by atoms with Crippen molar-refractivity contribution >= 4 is 11.6 Å². The summed E-state index contributed by atoms with van der Waals surface area (Å²) in [6.45, 7) is 2.97. The molecule has 4 heteroatoms. The van der Waals surface area contributed by atoms with Gasteiger partial charge in [0.05, 0.1) is 18.6 Å². The van der Waals surface area contributed by atoms with Crippen LogP contribution in [0.15, 0.2) is 24.3 Å². The molecular formula is C12H15NO3. The number of benzene rings is 1. The zero-order valence-electron chi connectivity index (χ0n) is 9.19. The minimum atomic E-state index is -0.363. The molecular weight excluding hydrogens is 206 g/mol. The Morgan fingerprint density at radius 3 is 2.50 bits per heavy atom. The molecule has 1 fully saturated rings. The van der Waals surface area contributed by atoms with Crippen molar-refractivity contribution in [1.82, 2.24) is 0 Å². The van der Waals surface area contributed by atoms with Crippen LogP contribution >= 0.6 is 0 Å². The summed E-state index contributed by atoms with van der Waals surface area (Å²) in [7, 11) is 0. The smallest absolute Gasteiger partial charge is 0.235 e. The Kier molecular flexibility index (Phi) is 2.83. The van der Waals surface area contributed by atoms with Crippen LogP contribution in [-0.4, -0.2) is 24.2 Å². The molecule has 4 nitrogen and oxygen atoms in total. The fraction of sp³-hybridized carbons (Fsp3) is 0.417. The van der Waals surface area contributed by atoms with E-state index in [0.717, 1.165) is 6.42 Å². The number of phenolic OH excluding ortho intramolecular Hbond substituents is 1. The Balaban J connectivity index is 2.04. The summed E-state index contributed by atoms with van der Waals surface area (Å²) < 4.78 is 5.11. The second kappa shape index (κ2) is 4.14. The molecule has 1 aliphatic heterocycles. The van der Waals surface area contributed by atoms with E-state index in [9.17, 15) is 4.79 Å². The first kappa shape index (κ1) is 11.0. The first-order valence-corrected chi connectivity index (χ1v) is 5.34. The lowest BCUT2D eigenvalue weighted by atomic mass is 9.82. The summed E-state index contributed by atoms with van der Waals surface area (Å²) in [6, 6.07) is 6.45. The molecule has 0 spiro atoms. The fourth-order valence-electron chi connectivity index (χ4n) is 1.65. The average Bonchev–Trinajstić information content (AvgIpc) is 2.21. The molecule has 1 saturated heterocycles. The van der Waals surface area contributed by atoms with Gasteiger partial charge in [-0.25, -0.2) is 0 Å². The molecule has 86 valence electrons. The molecule has 16 heavy (non-hydrogen) atoms. The van der Waals surface area contributed by atoms with E-state index >= 15 is 0 Å². The Hall–Kier alpha value is -1.55. The number of amides is 1. The Morgan fingerprint density at radius 2 is 2.06 bits per heavy atom. The lowest BCUT2D eigenvalue weighted by Gasteiger charge is -2.38. The molecule has 1 heterocycles. The largest absolute Gasteiger partial charge is 0.508 e. The van der Waals surface area contributed by atoms with Crippen molar-refractivity contribution in [2.24, 2.45) is 5.41 Å². The minimum Gasteiger partial charge on any atom is -0.508 e. The van der Waals surface area contributed by atoms with E-state index in [0.29, 0.717) is 18.9 Å². The van der Waals surface area contributed by atoms with Gasteiger partial charge in [0.2, 0.25) is 5.91 Å². The zero-order chi connectivity index (χ0) is 11.6. The molecule has 0 aromatic heterocycles. The van der Waals surface area contributed by atoms with Gasteiger partial charge in [0, 0.05) is 5.69 Å². The number of hydrogen-bond acceptors (Lipinski definition) is 3. The maximum absolute atomic E-state index is 12.0. The van der Waals surface area contributed by atoms with Gasteiger partial charge in [0.15, 0.2) is 0 Å². The normalized spacial score (nSPS) is 17.6. The maximum atomic E-state index is 12.0. The standard InChI is InChI=1S/C12H15NO3/c1-2-12(7-16-8-12)11(15)13-9-3-5-10(14)6-4-9/h3-6,14H,2,7-8H2,1H3,(H,13,15). The van der Waals surface area contributed by atoms with E-state index < -0.39 is 0 Å². The number of ether oxygens (including phenoxy) is 1. The third-order valence-corrected chi connectivity index (χ3v) is 3.04. The fourth-order valence-corrected chi connectivity index (χ4v) is 1.65. The van der Waals surface area contributed by atoms with E-state index in [1.54, 1.807) is 24.3 Å². The summed E-state index contributed by atoms with van der Waals surface area (Å²) in [4.78, 5) is 12.0. The van der Waals surface area contributed by atoms with Crippen LogP contribution in [0.3, 0.4) is 0 Å². The molecule has 0 bridgehead atoms. The monoisotopic (exact) mass is 221 g/mol. The SMILES string of the molecule is CCC1(C(=O)Nc2ccc(O)cc2)COC1. The van der Waals surface area contributed by atoms with Gasteiger partial charge in [-0.3, -0.25) is 4.79 Å². The van der Waals surface area contributed by atoms with E-state index in [2.05, 4.69) is 5.32 Å². The molecule has 1 aromatic rings. The van der Waals surface area contributed by atoms with Gasteiger partial charge in [0.25, 0.3) is 0 Å². The van der Waals surface area contributed by atoms with Crippen molar-refractivity contribution in [1.29, 1.82) is 0 Å². The minimum absolute atomic E-state index is 0.00746. The average molecular weight is 221 g/mol. The van der Waals surface area contributed by atoms with Gasteiger partial charge in [-0.15, -0.1) is 0 Å². The van der Waals surface area contributed by atoms with Crippen molar-refractivity contribution in [3.63, 3.8) is 0 Å². The van der Waals surface area contributed by atoms with Gasteiger partial charge in [-0.05, 0) is 30.7 Å². The van der Waals surface area contributed by atoms with E-state index in [-0.39, 0.29) is 17.1 Å². The van der Waals surface area contributed by atoms with Gasteiger partial charge in [-0.2, -0.15) is 0 Å². The van der Waals surface area contributed by atoms with E-state index in [1.807, 2.05) is 6.92 Å². The number of carbonyl (C=O) groups is 1. The summed E-state index contributed by atoms with van der Waals surface area (Å²) in [5, 5.41) is 12.0. The highest BCUT2D eigenvalue weighted by Crippen LogP contribution is 2.32. The Bertz CT molecular complexity index is 376. The lowest BCUT2D eigenvalue weighted by molar-refractivity contribution is -0.156. The molecule has 1 aliphatic rings. The first-order chi connectivity index (χ1) is 7.66. The number of nitrogens with one attached hydrogen (secondary N) is 1. The lowest BCUT2D eigenvalue weighted by Crippen LogP contribution is -2.51. The third-order valence-electron chi connectivity index (χ3n) is 3.04. The second-order valence-corrected chi connectivity index (χ2v) is 4.13. The molecule has 0 saturated carbocycles. The van der Waals surface area contributed by atoms with Crippen molar-refractivity contribution in [2.75, 3.05) is 18.5 Å². The molecule has 0 radical (unpaired) electrons. The van der Waals surface area contributed by atoms with Gasteiger partial charge < -0.3 is 15.2 Å². The van der Waals surface area contributed by atoms with Gasteiger partial charge in [0.1, 0.15) is 5.75 Å². The van der Waals surface area contributed by atoms with Crippen molar-refractivity contribution < 1.29 is 14.6 Å². The highest BCUT2D eigenvalue weighted by Gasteiger charge is 2.44. The van der Waals surface area contributed by atoms with Crippen molar-refractivity contribution in [3.05, 3.63) is 24.3 Å². The molecule has 2 rings (SSSR count). The van der Waals surface area contributed by atoms with Crippen molar-refractivity contribution in [3.8, 4) is 5.75 Å². The van der Waals surface area contributed by atoms with E-state index in [4.69, 9.17) is 9.84 Å². The van der Waals surface area contributed by atoms with Crippen LogP contribution in [0.25, 0.3) is 0 Å². The number of phenols is 1. The first-order valence-electron chi connectivity index (χ1n) is 5.34. The molecule has 1 amide bonds. The van der Waals surface area contributed by atoms with Crippen LogP contribution in [0.5, 0.6) is 5.75 Å². The highest BCUT2D eigenvalue weighted by molar-refractivity contribution is 5.96. The number of carbonyl (C=O) groups excluding carboxylic acids is 1. The number of aromatic hydroxyl groups is 1. The van der Waals surface area contributed by atoms with Crippen LogP contribution in [0.4, 0.5) is 5.69 Å². The summed E-state index contributed by atoms with van der Waals surface area (Å²) >= 11 is 0. The second-order valence-electron chi connectivity index (χ2n) is 4.13. The van der Waals surface area contributed by atoms with Gasteiger partial charge >= 0.3 is 0 Å². The Labute approximate surface area is 94.2 Å². The van der Waals surface area contributed by atoms with Gasteiger partial charge in [-0.1, -0.05) is 6.92 Å². The molecule has 0 unspecified atom stereocenters. The number of rotatable bonds is 3. The molecule has 0 aliphatic carbocycles. The summed E-state index contributed by atoms with van der Waals surface area (Å²) in [5.41, 5.74) is 0.334. The van der Waals surface area contributed by atoms with Crippen LogP contribution < -0.4 is 5.32 Å². The number of anilines is 1. The molecule has 1 aromatic carbocycles. The third kappa shape index (κ3) is 1.88. The van der Waals surface area contributed by atoms with Crippen LogP contribution in [0.2, 0.25) is 0 Å². The quantitative estimate of drug-likeness (QED) is 0.764. The van der Waals surface area contributed by atoms with Crippen LogP contribution in [0, 0.1) is 5.41 Å². The molecule has 0 atom stereocenters. The van der Waals surface area contributed by atoms with Crippen LogP contribution in [0.1, 0.15) is 13.3 Å². The maximum Gasteiger partial charge on any atom is 0.235 e. The van der Waals surface area contributed by atoms with Crippen molar-refractivity contribution in [2.45, 2.75) is 13.3 Å². The summed E-state index contributed by atoms with van der Waals surface area (Å²) in [6.07, 6.45) is 0.775. The highest BCUT2D eigenvalue weighted by atomic mass is 16.5.